The van der Waals surface area contributed by atoms with E-state index in [1.807, 2.05) is 11.0 Å². The predicted octanol–water partition coefficient (Wildman–Crippen LogP) is 4.01. The molecule has 1 atom stereocenters. The third kappa shape index (κ3) is 9.31. The van der Waals surface area contributed by atoms with Crippen LogP contribution in [-0.2, 0) is 24.4 Å². The number of aromatic nitrogens is 1. The zero-order valence-electron chi connectivity index (χ0n) is 24.3. The second-order valence-electron chi connectivity index (χ2n) is 10.3. The fraction of sp³-hybridized carbons (Fsp3) is 0.233. The molecule has 0 bridgehead atoms. The Morgan fingerprint density at radius 2 is 1.35 bits per heavy atom. The number of pyridine rings is 1. The summed E-state index contributed by atoms with van der Waals surface area (Å²) in [5.41, 5.74) is 1.93. The van der Waals surface area contributed by atoms with Crippen molar-refractivity contribution in [2.45, 2.75) is 25.7 Å². The van der Waals surface area contributed by atoms with Gasteiger partial charge in [-0.05, 0) is 29.3 Å². The van der Waals surface area contributed by atoms with Crippen molar-refractivity contribution in [3.8, 4) is 0 Å². The van der Waals surface area contributed by atoms with Crippen molar-refractivity contribution < 1.29 is 19.4 Å². The van der Waals surface area contributed by atoms with Crippen LogP contribution in [0.25, 0.3) is 0 Å². The van der Waals surface area contributed by atoms with E-state index in [4.69, 9.17) is 0 Å². The molecule has 1 aliphatic heterocycles. The number of carbonyl (C=O) groups excluding carboxylic acids is 2. The number of nitro groups is 2. The number of nitroso groups, excluding NO2 is 2. The molecule has 1 unspecified atom stereocenters. The minimum absolute atomic E-state index is 0.0471. The van der Waals surface area contributed by atoms with Crippen LogP contribution in [-0.4, -0.2) is 62.1 Å². The minimum atomic E-state index is -0.997. The largest absolute Gasteiger partial charge is 0.373 e. The molecule has 1 aliphatic rings. The number of carbonyl (C=O) groups is 2. The first-order valence-electron chi connectivity index (χ1n) is 13.9. The highest BCUT2D eigenvalue weighted by Crippen LogP contribution is 2.18. The van der Waals surface area contributed by atoms with Crippen molar-refractivity contribution in [2.75, 3.05) is 19.6 Å². The highest BCUT2D eigenvalue weighted by Gasteiger charge is 2.21. The van der Waals surface area contributed by atoms with E-state index >= 15 is 0 Å². The molecule has 2 amide bonds. The minimum Gasteiger partial charge on any atom is -0.373 e. The molecule has 0 saturated carbocycles. The van der Waals surface area contributed by atoms with Crippen molar-refractivity contribution in [1.29, 1.82) is 0 Å². The third-order valence-corrected chi connectivity index (χ3v) is 7.05. The first-order chi connectivity index (χ1) is 22.1. The maximum Gasteiger partial charge on any atom is 0.334 e. The van der Waals surface area contributed by atoms with Crippen LogP contribution in [0.3, 0.4) is 0 Å². The molecule has 2 aromatic carbocycles. The van der Waals surface area contributed by atoms with Crippen molar-refractivity contribution in [2.24, 2.45) is 10.4 Å². The number of hydrogen-bond donors (Lipinski definition) is 1. The average Bonchev–Trinajstić information content (AvgIpc) is 3.07. The number of allylic oxidation sites excluding steroid dienone is 2. The first-order valence-corrected chi connectivity index (χ1v) is 13.9. The van der Waals surface area contributed by atoms with Gasteiger partial charge in [0.25, 0.3) is 11.4 Å². The molecule has 1 N–H and O–H groups in total. The first kappa shape index (κ1) is 33.0. The molecule has 2 heterocycles. The molecule has 0 saturated heterocycles. The van der Waals surface area contributed by atoms with Gasteiger partial charge < -0.3 is 5.32 Å². The smallest absolute Gasteiger partial charge is 0.334 e. The molecule has 0 fully saturated rings. The molecule has 46 heavy (non-hydrogen) atoms. The molecule has 4 rings (SSSR count). The van der Waals surface area contributed by atoms with Gasteiger partial charge in [-0.1, -0.05) is 42.5 Å². The average molecular weight is 629 g/mol. The quantitative estimate of drug-likeness (QED) is 0.144. The second-order valence-corrected chi connectivity index (χ2v) is 10.3. The lowest BCUT2D eigenvalue weighted by molar-refractivity contribution is -0.385. The van der Waals surface area contributed by atoms with Gasteiger partial charge in [0.2, 0.25) is 0 Å². The maximum atomic E-state index is 11.9. The number of benzene rings is 2. The highest BCUT2D eigenvalue weighted by molar-refractivity contribution is 5.94. The number of amides is 2. The van der Waals surface area contributed by atoms with Crippen LogP contribution in [0.1, 0.15) is 27.3 Å². The van der Waals surface area contributed by atoms with Crippen molar-refractivity contribution in [3.63, 3.8) is 0 Å². The fourth-order valence-electron chi connectivity index (χ4n) is 4.81. The molecule has 16 nitrogen and oxygen atoms in total. The molecular weight excluding hydrogens is 600 g/mol. The molecular formula is C30H28N8O8. The van der Waals surface area contributed by atoms with Gasteiger partial charge in [-0.2, -0.15) is 0 Å². The Kier molecular flexibility index (Phi) is 11.3. The summed E-state index contributed by atoms with van der Waals surface area (Å²) < 4.78 is 0. The van der Waals surface area contributed by atoms with Crippen LogP contribution in [0.2, 0.25) is 0 Å². The summed E-state index contributed by atoms with van der Waals surface area (Å²) in [7, 11) is 0. The summed E-state index contributed by atoms with van der Waals surface area (Å²) in [6, 6.07) is 16.5. The Morgan fingerprint density at radius 3 is 1.91 bits per heavy atom. The van der Waals surface area contributed by atoms with Crippen molar-refractivity contribution in [3.05, 3.63) is 143 Å². The van der Waals surface area contributed by atoms with Gasteiger partial charge in [0.15, 0.2) is 0 Å². The van der Waals surface area contributed by atoms with Crippen molar-refractivity contribution in [1.82, 2.24) is 20.1 Å². The Bertz CT molecular complexity index is 1670. The Balaban J connectivity index is 1.56. The van der Waals surface area contributed by atoms with Gasteiger partial charge in [-0.25, -0.2) is 4.98 Å². The standard InChI is InChI=1S/C30H28N8O8/c39-29(33-41)27-5-1-3-23(31-27)19-35(17-21-7-11-25(12-8-21)37(43)44)15-16-36(18-22-9-13-26(14-10-22)38(45)46)20-24-4-2-6-28(32-24)30(40)34-42/h1-14,23,31H,15-20H2. The van der Waals surface area contributed by atoms with Crippen LogP contribution >= 0.6 is 0 Å². The molecule has 1 aromatic heterocycles. The van der Waals surface area contributed by atoms with Gasteiger partial charge in [0, 0.05) is 73.9 Å². The number of hydrogen-bond acceptors (Lipinski definition) is 12. The van der Waals surface area contributed by atoms with Crippen LogP contribution in [0, 0.1) is 30.0 Å². The number of rotatable bonds is 15. The Morgan fingerprint density at radius 1 is 0.783 bits per heavy atom. The Hall–Kier alpha value is -5.87. The second kappa shape index (κ2) is 15.7. The lowest BCUT2D eigenvalue weighted by Gasteiger charge is -2.31. The number of nitrogens with zero attached hydrogens (tertiary/aromatic N) is 7. The van der Waals surface area contributed by atoms with E-state index in [1.165, 1.54) is 36.4 Å². The van der Waals surface area contributed by atoms with E-state index in [0.29, 0.717) is 38.4 Å². The van der Waals surface area contributed by atoms with E-state index in [1.54, 1.807) is 42.5 Å². The monoisotopic (exact) mass is 628 g/mol. The highest BCUT2D eigenvalue weighted by atomic mass is 16.6. The number of nitro benzene ring substituents is 2. The maximum absolute atomic E-state index is 11.9. The van der Waals surface area contributed by atoms with E-state index in [2.05, 4.69) is 25.6 Å². The molecule has 236 valence electrons. The van der Waals surface area contributed by atoms with Crippen LogP contribution in [0.4, 0.5) is 11.4 Å². The SMILES string of the molecule is O=NC(=O)C1=CC=CC(CN(CCN(Cc2ccc([N+](=O)[O-])cc2)Cc2cccc(C(=O)N=O)n2)Cc2ccc([N+](=O)[O-])cc2)N1. The fourth-order valence-corrected chi connectivity index (χ4v) is 4.81. The van der Waals surface area contributed by atoms with Gasteiger partial charge in [0.1, 0.15) is 11.4 Å². The molecule has 0 radical (unpaired) electrons. The summed E-state index contributed by atoms with van der Waals surface area (Å²) >= 11 is 0. The molecule has 0 spiro atoms. The molecule has 3 aromatic rings. The number of non-ortho nitro benzene ring substituents is 2. The predicted molar refractivity (Wildman–Crippen MR) is 165 cm³/mol. The van der Waals surface area contributed by atoms with Gasteiger partial charge >= 0.3 is 11.8 Å². The Labute approximate surface area is 261 Å². The summed E-state index contributed by atoms with van der Waals surface area (Å²) in [6.45, 7) is 2.20. The third-order valence-electron chi connectivity index (χ3n) is 7.05. The van der Waals surface area contributed by atoms with Crippen LogP contribution in [0.15, 0.2) is 101 Å². The zero-order chi connectivity index (χ0) is 33.1. The van der Waals surface area contributed by atoms with Gasteiger partial charge in [-0.15, -0.1) is 9.81 Å². The van der Waals surface area contributed by atoms with Gasteiger partial charge in [0.05, 0.1) is 21.6 Å². The van der Waals surface area contributed by atoms with Crippen LogP contribution in [0.5, 0.6) is 0 Å². The van der Waals surface area contributed by atoms with E-state index < -0.39 is 21.7 Å². The van der Waals surface area contributed by atoms with Crippen LogP contribution < -0.4 is 5.32 Å². The zero-order valence-corrected chi connectivity index (χ0v) is 24.3. The normalized spacial score (nSPS) is 14.0. The molecule has 0 aliphatic carbocycles. The lowest BCUT2D eigenvalue weighted by atomic mass is 10.1. The summed E-state index contributed by atoms with van der Waals surface area (Å²) in [6.07, 6.45) is 4.93. The van der Waals surface area contributed by atoms with E-state index in [9.17, 15) is 39.6 Å². The number of dihydropyridines is 1. The summed E-state index contributed by atoms with van der Waals surface area (Å²) in [5.74, 6) is -1.92. The van der Waals surface area contributed by atoms with Gasteiger partial charge in [-0.3, -0.25) is 39.6 Å². The summed E-state index contributed by atoms with van der Waals surface area (Å²) in [4.78, 5) is 74.9. The topological polar surface area (TPSA) is 211 Å². The lowest BCUT2D eigenvalue weighted by Crippen LogP contribution is -2.44. The van der Waals surface area contributed by atoms with E-state index in [-0.39, 0.29) is 35.4 Å². The summed E-state index contributed by atoms with van der Waals surface area (Å²) in [5, 5.41) is 30.2. The van der Waals surface area contributed by atoms with E-state index in [0.717, 1.165) is 11.1 Å². The van der Waals surface area contributed by atoms with Crippen molar-refractivity contribution >= 4 is 23.2 Å². The number of nitrogens with one attached hydrogen (secondary N) is 1. The molecule has 16 heteroatoms.